The molecule has 1 N–H and O–H groups in total. The molecule has 1 atom stereocenters. The fourth-order valence-corrected chi connectivity index (χ4v) is 2.61. The van der Waals surface area contributed by atoms with E-state index in [1.54, 1.807) is 30.0 Å². The summed E-state index contributed by atoms with van der Waals surface area (Å²) in [7, 11) is 0. The zero-order valence-electron chi connectivity index (χ0n) is 10.1. The number of carbonyl (C=O) groups excluding carboxylic acids is 1. The fourth-order valence-electron chi connectivity index (χ4n) is 2.23. The van der Waals surface area contributed by atoms with Gasteiger partial charge in [-0.1, -0.05) is 29.3 Å². The number of halogens is 2. The van der Waals surface area contributed by atoms with E-state index in [2.05, 4.69) is 0 Å². The predicted molar refractivity (Wildman–Crippen MR) is 72.2 cm³/mol. The molecule has 0 bridgehead atoms. The molecule has 1 aliphatic rings. The maximum atomic E-state index is 12.3. The van der Waals surface area contributed by atoms with Gasteiger partial charge in [0.25, 0.3) is 5.91 Å². The largest absolute Gasteiger partial charge is 0.388 e. The average molecular weight is 288 g/mol. The Morgan fingerprint density at radius 1 is 1.44 bits per heavy atom. The molecule has 5 heteroatoms. The summed E-state index contributed by atoms with van der Waals surface area (Å²) in [5.74, 6) is -0.178. The summed E-state index contributed by atoms with van der Waals surface area (Å²) in [5.41, 5.74) is -0.430. The van der Waals surface area contributed by atoms with Gasteiger partial charge < -0.3 is 10.0 Å². The first-order valence-electron chi connectivity index (χ1n) is 5.86. The third kappa shape index (κ3) is 2.79. The number of β-amino-alcohol motifs (C(OH)–C–C–N with tert-alkyl or cyclic N) is 1. The van der Waals surface area contributed by atoms with Gasteiger partial charge in [-0.05, 0) is 31.9 Å². The number of benzene rings is 1. The maximum Gasteiger partial charge on any atom is 0.255 e. The van der Waals surface area contributed by atoms with Gasteiger partial charge in [-0.2, -0.15) is 0 Å². The Kier molecular flexibility index (Phi) is 3.85. The summed E-state index contributed by atoms with van der Waals surface area (Å²) in [6, 6.07) is 5.00. The van der Waals surface area contributed by atoms with Crippen LogP contribution in [0.3, 0.4) is 0 Å². The predicted octanol–water partition coefficient (Wildman–Crippen LogP) is 2.98. The number of aliphatic hydroxyl groups is 1. The molecule has 1 heterocycles. The highest BCUT2D eigenvalue weighted by atomic mass is 35.5. The van der Waals surface area contributed by atoms with E-state index in [0.717, 1.165) is 6.42 Å². The zero-order valence-corrected chi connectivity index (χ0v) is 11.6. The second kappa shape index (κ2) is 5.08. The van der Waals surface area contributed by atoms with Crippen LogP contribution in [0, 0.1) is 0 Å². The van der Waals surface area contributed by atoms with Crippen LogP contribution in [0.5, 0.6) is 0 Å². The Labute approximate surface area is 116 Å². The Hall–Kier alpha value is -0.770. The van der Waals surface area contributed by atoms with Crippen molar-refractivity contribution in [2.45, 2.75) is 25.4 Å². The molecule has 1 fully saturated rings. The van der Waals surface area contributed by atoms with Gasteiger partial charge in [-0.15, -0.1) is 0 Å². The van der Waals surface area contributed by atoms with Gasteiger partial charge in [0, 0.05) is 13.1 Å². The van der Waals surface area contributed by atoms with E-state index in [4.69, 9.17) is 23.2 Å². The normalized spacial score (nSPS) is 24.1. The Morgan fingerprint density at radius 2 is 2.17 bits per heavy atom. The van der Waals surface area contributed by atoms with Crippen LogP contribution in [-0.4, -0.2) is 34.6 Å². The van der Waals surface area contributed by atoms with Crippen molar-refractivity contribution in [3.05, 3.63) is 33.8 Å². The van der Waals surface area contributed by atoms with Crippen molar-refractivity contribution in [3.8, 4) is 0 Å². The second-order valence-electron chi connectivity index (χ2n) is 4.93. The van der Waals surface area contributed by atoms with Crippen molar-refractivity contribution in [2.75, 3.05) is 13.1 Å². The van der Waals surface area contributed by atoms with Crippen molar-refractivity contribution < 1.29 is 9.90 Å². The Balaban J connectivity index is 2.23. The molecule has 0 aliphatic carbocycles. The molecule has 1 amide bonds. The number of likely N-dealkylation sites (tertiary alicyclic amines) is 1. The minimum atomic E-state index is -0.820. The van der Waals surface area contributed by atoms with Crippen LogP contribution in [0.4, 0.5) is 0 Å². The molecule has 1 aromatic carbocycles. The van der Waals surface area contributed by atoms with Crippen LogP contribution < -0.4 is 0 Å². The molecule has 0 saturated carbocycles. The summed E-state index contributed by atoms with van der Waals surface area (Å²) in [4.78, 5) is 14.0. The van der Waals surface area contributed by atoms with Crippen LogP contribution in [0.25, 0.3) is 0 Å². The van der Waals surface area contributed by atoms with Gasteiger partial charge in [0.1, 0.15) is 0 Å². The van der Waals surface area contributed by atoms with Crippen LogP contribution in [0.2, 0.25) is 10.0 Å². The molecule has 0 spiro atoms. The summed E-state index contributed by atoms with van der Waals surface area (Å²) in [6.45, 7) is 2.71. The number of piperidine rings is 1. The highest BCUT2D eigenvalue weighted by molar-refractivity contribution is 6.43. The van der Waals surface area contributed by atoms with Crippen molar-refractivity contribution in [2.24, 2.45) is 0 Å². The molecule has 1 unspecified atom stereocenters. The summed E-state index contributed by atoms with van der Waals surface area (Å²) in [6.07, 6.45) is 1.50. The topological polar surface area (TPSA) is 40.5 Å². The molecule has 18 heavy (non-hydrogen) atoms. The molecule has 0 aromatic heterocycles. The average Bonchev–Trinajstić information content (AvgIpc) is 2.30. The monoisotopic (exact) mass is 287 g/mol. The second-order valence-corrected chi connectivity index (χ2v) is 5.71. The lowest BCUT2D eigenvalue weighted by Gasteiger charge is -2.37. The molecule has 1 aromatic rings. The maximum absolute atomic E-state index is 12.3. The lowest BCUT2D eigenvalue weighted by Crippen LogP contribution is -2.48. The van der Waals surface area contributed by atoms with Crippen molar-refractivity contribution in [3.63, 3.8) is 0 Å². The zero-order chi connectivity index (χ0) is 13.3. The van der Waals surface area contributed by atoms with Gasteiger partial charge in [0.15, 0.2) is 0 Å². The molecule has 1 saturated heterocycles. The third-order valence-electron chi connectivity index (χ3n) is 3.14. The first-order valence-corrected chi connectivity index (χ1v) is 6.62. The first-order chi connectivity index (χ1) is 8.41. The summed E-state index contributed by atoms with van der Waals surface area (Å²) in [5, 5.41) is 10.7. The van der Waals surface area contributed by atoms with E-state index in [0.29, 0.717) is 30.1 Å². The van der Waals surface area contributed by atoms with Crippen LogP contribution >= 0.6 is 23.2 Å². The summed E-state index contributed by atoms with van der Waals surface area (Å²) >= 11 is 11.9. The molecule has 1 aliphatic heterocycles. The molecule has 2 rings (SSSR count). The Bertz CT molecular complexity index is 474. The number of hydrogen-bond donors (Lipinski definition) is 1. The third-order valence-corrected chi connectivity index (χ3v) is 3.96. The van der Waals surface area contributed by atoms with Gasteiger partial charge in [0.2, 0.25) is 0 Å². The lowest BCUT2D eigenvalue weighted by molar-refractivity contribution is -0.0107. The first kappa shape index (κ1) is 13.7. The van der Waals surface area contributed by atoms with Gasteiger partial charge in [0.05, 0.1) is 21.2 Å². The lowest BCUT2D eigenvalue weighted by atomic mass is 9.94. The van der Waals surface area contributed by atoms with E-state index >= 15 is 0 Å². The van der Waals surface area contributed by atoms with Crippen LogP contribution in [0.15, 0.2) is 18.2 Å². The van der Waals surface area contributed by atoms with Crippen molar-refractivity contribution >= 4 is 29.1 Å². The van der Waals surface area contributed by atoms with E-state index in [-0.39, 0.29) is 10.9 Å². The van der Waals surface area contributed by atoms with E-state index in [1.807, 2.05) is 0 Å². The van der Waals surface area contributed by atoms with Crippen LogP contribution in [0.1, 0.15) is 30.1 Å². The molecule has 0 radical (unpaired) electrons. The molecule has 98 valence electrons. The van der Waals surface area contributed by atoms with E-state index in [1.165, 1.54) is 0 Å². The van der Waals surface area contributed by atoms with Crippen molar-refractivity contribution in [1.29, 1.82) is 0 Å². The number of amides is 1. The summed E-state index contributed by atoms with van der Waals surface area (Å²) < 4.78 is 0. The van der Waals surface area contributed by atoms with Gasteiger partial charge >= 0.3 is 0 Å². The number of rotatable bonds is 1. The Morgan fingerprint density at radius 3 is 2.83 bits per heavy atom. The number of hydrogen-bond acceptors (Lipinski definition) is 2. The SMILES string of the molecule is CC1(O)CCCN(C(=O)c2cccc(Cl)c2Cl)C1. The minimum Gasteiger partial charge on any atom is -0.388 e. The molecular weight excluding hydrogens is 273 g/mol. The molecular formula is C13H15Cl2NO2. The number of nitrogens with zero attached hydrogens (tertiary/aromatic N) is 1. The van der Waals surface area contributed by atoms with E-state index in [9.17, 15) is 9.90 Å². The highest BCUT2D eigenvalue weighted by Gasteiger charge is 2.32. The van der Waals surface area contributed by atoms with Crippen LogP contribution in [-0.2, 0) is 0 Å². The molecule has 3 nitrogen and oxygen atoms in total. The highest BCUT2D eigenvalue weighted by Crippen LogP contribution is 2.28. The van der Waals surface area contributed by atoms with Crippen molar-refractivity contribution in [1.82, 2.24) is 4.90 Å². The standard InChI is InChI=1S/C13H15Cl2NO2/c1-13(18)6-3-7-16(8-13)12(17)9-4-2-5-10(14)11(9)15/h2,4-5,18H,3,6-8H2,1H3. The van der Waals surface area contributed by atoms with Gasteiger partial charge in [-0.25, -0.2) is 0 Å². The fraction of sp³-hybridized carbons (Fsp3) is 0.462. The van der Waals surface area contributed by atoms with E-state index < -0.39 is 5.60 Å². The quantitative estimate of drug-likeness (QED) is 0.863. The smallest absolute Gasteiger partial charge is 0.255 e. The van der Waals surface area contributed by atoms with Gasteiger partial charge in [-0.3, -0.25) is 4.79 Å². The minimum absolute atomic E-state index is 0.178. The number of carbonyl (C=O) groups is 1.